The van der Waals surface area contributed by atoms with Gasteiger partial charge in [-0.1, -0.05) is 12.1 Å². The summed E-state index contributed by atoms with van der Waals surface area (Å²) in [6.07, 6.45) is -1.05. The van der Waals surface area contributed by atoms with Gasteiger partial charge < -0.3 is 19.9 Å². The van der Waals surface area contributed by atoms with Crippen LogP contribution >= 0.6 is 0 Å². The number of nitrogens with two attached hydrogens (primary N) is 1. The zero-order valence-corrected chi connectivity index (χ0v) is 14.6. The van der Waals surface area contributed by atoms with Gasteiger partial charge in [0.05, 0.1) is 0 Å². The third kappa shape index (κ3) is 3.28. The van der Waals surface area contributed by atoms with Crippen molar-refractivity contribution in [3.05, 3.63) is 50.7 Å². The van der Waals surface area contributed by atoms with Crippen LogP contribution in [0.25, 0.3) is 0 Å². The molecule has 1 aliphatic rings. The minimum atomic E-state index is -1.05. The van der Waals surface area contributed by atoms with Crippen molar-refractivity contribution in [2.24, 2.45) is 14.1 Å². The van der Waals surface area contributed by atoms with E-state index in [1.807, 2.05) is 0 Å². The fourth-order valence-electron chi connectivity index (χ4n) is 2.56. The van der Waals surface area contributed by atoms with Crippen LogP contribution < -0.4 is 26.5 Å². The van der Waals surface area contributed by atoms with E-state index in [0.29, 0.717) is 11.5 Å². The van der Waals surface area contributed by atoms with Crippen LogP contribution in [0.3, 0.4) is 0 Å². The number of aromatic nitrogens is 2. The van der Waals surface area contributed by atoms with Gasteiger partial charge in [0.2, 0.25) is 11.9 Å². The number of carbonyl (C=O) groups is 2. The molecule has 0 aliphatic carbocycles. The van der Waals surface area contributed by atoms with Gasteiger partial charge in [0.15, 0.2) is 18.1 Å². The highest BCUT2D eigenvalue weighted by atomic mass is 16.6. The smallest absolute Gasteiger partial charge is 0.351 e. The first kappa shape index (κ1) is 18.2. The van der Waals surface area contributed by atoms with Gasteiger partial charge >= 0.3 is 11.7 Å². The Kier molecular flexibility index (Phi) is 4.72. The summed E-state index contributed by atoms with van der Waals surface area (Å²) in [5.41, 5.74) is 3.75. The SMILES string of the molecule is Cn1c(N)c(C(=O)COC(=O)C2COc3ccccc3O2)c(=O)n(C)c1=O. The maximum absolute atomic E-state index is 12.3. The Hall–Kier alpha value is -3.56. The van der Waals surface area contributed by atoms with Crippen LogP contribution in [0.5, 0.6) is 11.5 Å². The molecule has 2 N–H and O–H groups in total. The van der Waals surface area contributed by atoms with Gasteiger partial charge in [0.1, 0.15) is 18.0 Å². The lowest BCUT2D eigenvalue weighted by atomic mass is 10.2. The molecule has 0 fully saturated rings. The molecular weight excluding hydrogens is 358 g/mol. The number of ether oxygens (including phenoxy) is 3. The van der Waals surface area contributed by atoms with Gasteiger partial charge in [0, 0.05) is 14.1 Å². The van der Waals surface area contributed by atoms with Crippen molar-refractivity contribution in [2.45, 2.75) is 6.10 Å². The largest absolute Gasteiger partial charge is 0.485 e. The molecule has 1 unspecified atom stereocenters. The van der Waals surface area contributed by atoms with E-state index >= 15 is 0 Å². The monoisotopic (exact) mass is 375 g/mol. The summed E-state index contributed by atoms with van der Waals surface area (Å²) in [5, 5.41) is 0. The number of anilines is 1. The molecule has 3 rings (SSSR count). The molecular formula is C17H17N3O7. The molecule has 1 aliphatic heterocycles. The van der Waals surface area contributed by atoms with Crippen LogP contribution in [0.15, 0.2) is 33.9 Å². The van der Waals surface area contributed by atoms with E-state index in [1.165, 1.54) is 14.1 Å². The molecule has 0 bridgehead atoms. The number of rotatable bonds is 4. The average Bonchev–Trinajstić information content (AvgIpc) is 2.68. The molecule has 1 aromatic carbocycles. The second kappa shape index (κ2) is 6.98. The van der Waals surface area contributed by atoms with Crippen molar-refractivity contribution in [2.75, 3.05) is 18.9 Å². The highest BCUT2D eigenvalue weighted by Crippen LogP contribution is 2.31. The first-order valence-corrected chi connectivity index (χ1v) is 7.95. The summed E-state index contributed by atoms with van der Waals surface area (Å²) in [5.74, 6) is -1.06. The molecule has 0 spiro atoms. The molecule has 0 saturated carbocycles. The van der Waals surface area contributed by atoms with Gasteiger partial charge in [-0.3, -0.25) is 18.7 Å². The first-order valence-electron chi connectivity index (χ1n) is 7.95. The number of hydrogen-bond donors (Lipinski definition) is 1. The molecule has 2 aromatic rings. The van der Waals surface area contributed by atoms with E-state index in [2.05, 4.69) is 0 Å². The highest BCUT2D eigenvalue weighted by Gasteiger charge is 2.30. The molecule has 27 heavy (non-hydrogen) atoms. The van der Waals surface area contributed by atoms with Crippen LogP contribution in [-0.4, -0.2) is 40.2 Å². The van der Waals surface area contributed by atoms with Gasteiger partial charge in [-0.25, -0.2) is 9.59 Å². The third-order valence-electron chi connectivity index (χ3n) is 4.11. The predicted octanol–water partition coefficient (Wildman–Crippen LogP) is -0.768. The van der Waals surface area contributed by atoms with Crippen molar-refractivity contribution >= 4 is 17.6 Å². The normalized spacial score (nSPS) is 15.3. The summed E-state index contributed by atoms with van der Waals surface area (Å²) in [6.45, 7) is -0.800. The standard InChI is InChI=1S/C17H17N3O7/c1-19-14(18)13(15(22)20(2)17(19)24)9(21)7-26-16(23)12-8-25-10-5-3-4-6-11(10)27-12/h3-6,12H,7-8,18H2,1-2H3. The Balaban J connectivity index is 1.71. The molecule has 10 nitrogen and oxygen atoms in total. The average molecular weight is 375 g/mol. The molecule has 0 amide bonds. The zero-order valence-electron chi connectivity index (χ0n) is 14.6. The van der Waals surface area contributed by atoms with Crippen molar-refractivity contribution in [1.29, 1.82) is 0 Å². The zero-order chi connectivity index (χ0) is 19.7. The number of esters is 1. The number of para-hydroxylation sites is 2. The van der Waals surface area contributed by atoms with E-state index in [-0.39, 0.29) is 12.4 Å². The Morgan fingerprint density at radius 3 is 2.56 bits per heavy atom. The van der Waals surface area contributed by atoms with E-state index in [1.54, 1.807) is 24.3 Å². The Bertz CT molecular complexity index is 1040. The summed E-state index contributed by atoms with van der Waals surface area (Å²) in [6, 6.07) is 6.81. The van der Waals surface area contributed by atoms with E-state index in [9.17, 15) is 19.2 Å². The van der Waals surface area contributed by atoms with E-state index in [0.717, 1.165) is 9.13 Å². The van der Waals surface area contributed by atoms with Crippen molar-refractivity contribution in [3.8, 4) is 11.5 Å². The summed E-state index contributed by atoms with van der Waals surface area (Å²) in [7, 11) is 2.54. The number of nitrogen functional groups attached to an aromatic ring is 1. The summed E-state index contributed by atoms with van der Waals surface area (Å²) in [4.78, 5) is 48.4. The number of benzene rings is 1. The lowest BCUT2D eigenvalue weighted by Gasteiger charge is -2.24. The lowest BCUT2D eigenvalue weighted by molar-refractivity contribution is -0.153. The van der Waals surface area contributed by atoms with E-state index < -0.39 is 41.3 Å². The molecule has 1 atom stereocenters. The molecule has 1 aromatic heterocycles. The summed E-state index contributed by atoms with van der Waals surface area (Å²) >= 11 is 0. The number of carbonyl (C=O) groups excluding carboxylic acids is 2. The van der Waals surface area contributed by atoms with Crippen LogP contribution in [0.4, 0.5) is 5.82 Å². The fourth-order valence-corrected chi connectivity index (χ4v) is 2.56. The molecule has 2 heterocycles. The van der Waals surface area contributed by atoms with Gasteiger partial charge in [0.25, 0.3) is 5.56 Å². The Morgan fingerprint density at radius 1 is 1.19 bits per heavy atom. The minimum absolute atomic E-state index is 0.0756. The number of Topliss-reactive ketones (excluding diaryl/α,β-unsaturated/α-hetero) is 1. The molecule has 0 saturated heterocycles. The van der Waals surface area contributed by atoms with Crippen LogP contribution in [0.2, 0.25) is 0 Å². The molecule has 10 heteroatoms. The summed E-state index contributed by atoms with van der Waals surface area (Å²) < 4.78 is 17.6. The first-order chi connectivity index (χ1) is 12.8. The number of hydrogen-bond acceptors (Lipinski definition) is 8. The Morgan fingerprint density at radius 2 is 1.85 bits per heavy atom. The Labute approximate surface area is 152 Å². The number of ketones is 1. The van der Waals surface area contributed by atoms with Crippen molar-refractivity contribution < 1.29 is 23.8 Å². The fraction of sp³-hybridized carbons (Fsp3) is 0.294. The minimum Gasteiger partial charge on any atom is -0.485 e. The maximum Gasteiger partial charge on any atom is 0.351 e. The quantitative estimate of drug-likeness (QED) is 0.544. The lowest BCUT2D eigenvalue weighted by Crippen LogP contribution is -2.43. The van der Waals surface area contributed by atoms with Crippen molar-refractivity contribution in [3.63, 3.8) is 0 Å². The maximum atomic E-state index is 12.3. The number of fused-ring (bicyclic) bond motifs is 1. The van der Waals surface area contributed by atoms with Gasteiger partial charge in [-0.05, 0) is 12.1 Å². The van der Waals surface area contributed by atoms with Crippen LogP contribution in [0.1, 0.15) is 10.4 Å². The predicted molar refractivity (Wildman–Crippen MR) is 93.0 cm³/mol. The van der Waals surface area contributed by atoms with E-state index in [4.69, 9.17) is 19.9 Å². The second-order valence-electron chi connectivity index (χ2n) is 5.86. The highest BCUT2D eigenvalue weighted by molar-refractivity contribution is 6.01. The third-order valence-corrected chi connectivity index (χ3v) is 4.11. The molecule has 0 radical (unpaired) electrons. The topological polar surface area (TPSA) is 132 Å². The second-order valence-corrected chi connectivity index (χ2v) is 5.86. The number of nitrogens with zero attached hydrogens (tertiary/aromatic N) is 2. The molecule has 142 valence electrons. The van der Waals surface area contributed by atoms with Gasteiger partial charge in [-0.2, -0.15) is 0 Å². The van der Waals surface area contributed by atoms with Crippen molar-refractivity contribution in [1.82, 2.24) is 9.13 Å². The van der Waals surface area contributed by atoms with Gasteiger partial charge in [-0.15, -0.1) is 0 Å². The van der Waals surface area contributed by atoms with Crippen LogP contribution in [-0.2, 0) is 23.6 Å². The van der Waals surface area contributed by atoms with Crippen LogP contribution in [0, 0.1) is 0 Å².